The first-order valence-corrected chi connectivity index (χ1v) is 12.8. The molecule has 1 aliphatic carbocycles. The minimum absolute atomic E-state index is 0.0949. The number of aryl methyl sites for hydroxylation is 2. The second kappa shape index (κ2) is 8.25. The van der Waals surface area contributed by atoms with Crippen LogP contribution in [-0.4, -0.2) is 47.6 Å². The SMILES string of the molecule is Cc1ccc2c(N)c(C(=O)N[C@H]3CCc4nc(N5CC[C@H]6CNCC[C@H]65)ccc4C3)sc2n1. The Hall–Kier alpha value is -2.71. The Morgan fingerprint density at radius 3 is 3.03 bits per heavy atom. The molecule has 0 radical (unpaired) electrons. The van der Waals surface area contributed by atoms with Crippen LogP contribution in [0.2, 0.25) is 0 Å². The number of nitrogen functional groups attached to an aromatic ring is 1. The van der Waals surface area contributed by atoms with E-state index in [0.29, 0.717) is 16.6 Å². The zero-order valence-corrected chi connectivity index (χ0v) is 19.8. The van der Waals surface area contributed by atoms with Crippen LogP contribution in [0.25, 0.3) is 10.2 Å². The molecule has 3 aliphatic rings. The molecule has 3 aromatic rings. The van der Waals surface area contributed by atoms with E-state index in [1.54, 1.807) is 0 Å². The highest BCUT2D eigenvalue weighted by Gasteiger charge is 2.36. The van der Waals surface area contributed by atoms with Gasteiger partial charge in [0.1, 0.15) is 15.5 Å². The maximum absolute atomic E-state index is 13.0. The first-order valence-electron chi connectivity index (χ1n) is 12.0. The topological polar surface area (TPSA) is 96.2 Å². The van der Waals surface area contributed by atoms with E-state index >= 15 is 0 Å². The van der Waals surface area contributed by atoms with Gasteiger partial charge in [-0.15, -0.1) is 11.3 Å². The molecule has 172 valence electrons. The Morgan fingerprint density at radius 1 is 1.21 bits per heavy atom. The van der Waals surface area contributed by atoms with Gasteiger partial charge in [0, 0.05) is 35.4 Å². The van der Waals surface area contributed by atoms with E-state index in [9.17, 15) is 4.79 Å². The number of rotatable bonds is 3. The maximum atomic E-state index is 13.0. The molecule has 2 fully saturated rings. The van der Waals surface area contributed by atoms with Crippen molar-refractivity contribution in [1.29, 1.82) is 0 Å². The van der Waals surface area contributed by atoms with Crippen molar-refractivity contribution in [2.45, 2.75) is 51.1 Å². The molecule has 0 spiro atoms. The average molecular weight is 463 g/mol. The molecule has 2 aliphatic heterocycles. The van der Waals surface area contributed by atoms with Gasteiger partial charge in [0.15, 0.2) is 0 Å². The Bertz CT molecular complexity index is 1220. The van der Waals surface area contributed by atoms with E-state index in [0.717, 1.165) is 66.5 Å². The summed E-state index contributed by atoms with van der Waals surface area (Å²) >= 11 is 1.37. The molecule has 3 atom stereocenters. The Morgan fingerprint density at radius 2 is 2.12 bits per heavy atom. The normalized spacial score (nSPS) is 24.5. The highest BCUT2D eigenvalue weighted by Crippen LogP contribution is 2.34. The van der Waals surface area contributed by atoms with Crippen molar-refractivity contribution in [3.8, 4) is 0 Å². The summed E-state index contributed by atoms with van der Waals surface area (Å²) in [6, 6.07) is 9.01. The summed E-state index contributed by atoms with van der Waals surface area (Å²) in [5.74, 6) is 1.78. The number of anilines is 2. The molecule has 4 N–H and O–H groups in total. The Labute approximate surface area is 197 Å². The quantitative estimate of drug-likeness (QED) is 0.554. The number of thiophene rings is 1. The summed E-state index contributed by atoms with van der Waals surface area (Å²) in [5, 5.41) is 7.61. The van der Waals surface area contributed by atoms with Gasteiger partial charge in [-0.25, -0.2) is 9.97 Å². The predicted octanol–water partition coefficient (Wildman–Crippen LogP) is 3.06. The van der Waals surface area contributed by atoms with Crippen molar-refractivity contribution < 1.29 is 4.79 Å². The number of amides is 1. The molecule has 0 saturated carbocycles. The van der Waals surface area contributed by atoms with Crippen LogP contribution in [0.5, 0.6) is 0 Å². The molecule has 5 heterocycles. The van der Waals surface area contributed by atoms with E-state index in [1.165, 1.54) is 35.4 Å². The van der Waals surface area contributed by atoms with Crippen molar-refractivity contribution in [1.82, 2.24) is 20.6 Å². The third-order valence-electron chi connectivity index (χ3n) is 7.53. The third-order valence-corrected chi connectivity index (χ3v) is 8.64. The number of fused-ring (bicyclic) bond motifs is 3. The number of carbonyl (C=O) groups excluding carboxylic acids is 1. The number of piperidine rings is 1. The van der Waals surface area contributed by atoms with Crippen molar-refractivity contribution in [2.75, 3.05) is 30.3 Å². The summed E-state index contributed by atoms with van der Waals surface area (Å²) in [7, 11) is 0. The largest absolute Gasteiger partial charge is 0.397 e. The zero-order valence-electron chi connectivity index (χ0n) is 18.9. The second-order valence-corrected chi connectivity index (χ2v) is 10.6. The number of pyridine rings is 2. The van der Waals surface area contributed by atoms with Gasteiger partial charge in [-0.3, -0.25) is 4.79 Å². The summed E-state index contributed by atoms with van der Waals surface area (Å²) in [6.07, 6.45) is 5.05. The van der Waals surface area contributed by atoms with Crippen LogP contribution in [0.3, 0.4) is 0 Å². The van der Waals surface area contributed by atoms with Crippen molar-refractivity contribution >= 4 is 39.0 Å². The number of hydrogen-bond acceptors (Lipinski definition) is 7. The minimum atomic E-state index is -0.0970. The molecule has 0 unspecified atom stereocenters. The Balaban J connectivity index is 1.16. The number of nitrogens with zero attached hydrogens (tertiary/aromatic N) is 3. The lowest BCUT2D eigenvalue weighted by atomic mass is 9.91. The van der Waals surface area contributed by atoms with E-state index in [2.05, 4.69) is 32.7 Å². The highest BCUT2D eigenvalue weighted by molar-refractivity contribution is 7.21. The lowest BCUT2D eigenvalue weighted by Gasteiger charge is -2.33. The molecule has 3 aromatic heterocycles. The molecule has 0 aromatic carbocycles. The fourth-order valence-corrected chi connectivity index (χ4v) is 6.80. The smallest absolute Gasteiger partial charge is 0.263 e. The zero-order chi connectivity index (χ0) is 22.5. The van der Waals surface area contributed by atoms with Crippen LogP contribution in [-0.2, 0) is 12.8 Å². The lowest BCUT2D eigenvalue weighted by molar-refractivity contribution is 0.0938. The van der Waals surface area contributed by atoms with Crippen molar-refractivity contribution in [2.24, 2.45) is 5.92 Å². The Kier molecular flexibility index (Phi) is 5.22. The highest BCUT2D eigenvalue weighted by atomic mass is 32.1. The number of nitrogens with one attached hydrogen (secondary N) is 2. The fraction of sp³-hybridized carbons (Fsp3) is 0.480. The average Bonchev–Trinajstić information content (AvgIpc) is 3.40. The van der Waals surface area contributed by atoms with Crippen molar-refractivity contribution in [3.05, 3.63) is 46.1 Å². The maximum Gasteiger partial charge on any atom is 0.263 e. The molecule has 6 rings (SSSR count). The van der Waals surface area contributed by atoms with Crippen LogP contribution in [0.4, 0.5) is 11.5 Å². The van der Waals surface area contributed by atoms with Crippen LogP contribution >= 0.6 is 11.3 Å². The van der Waals surface area contributed by atoms with Crippen LogP contribution in [0, 0.1) is 12.8 Å². The van der Waals surface area contributed by atoms with Gasteiger partial charge in [0.05, 0.1) is 5.69 Å². The van der Waals surface area contributed by atoms with E-state index in [-0.39, 0.29) is 11.9 Å². The second-order valence-electron chi connectivity index (χ2n) is 9.64. The van der Waals surface area contributed by atoms with Crippen LogP contribution < -0.4 is 21.3 Å². The van der Waals surface area contributed by atoms with E-state index in [1.807, 2.05) is 19.1 Å². The molecular weight excluding hydrogens is 432 g/mol. The number of carbonyl (C=O) groups is 1. The van der Waals surface area contributed by atoms with Crippen LogP contribution in [0.1, 0.15) is 45.9 Å². The summed E-state index contributed by atoms with van der Waals surface area (Å²) < 4.78 is 0. The number of nitrogens with two attached hydrogens (primary N) is 1. The third kappa shape index (κ3) is 3.75. The minimum Gasteiger partial charge on any atom is -0.397 e. The monoisotopic (exact) mass is 462 g/mol. The van der Waals surface area contributed by atoms with Gasteiger partial charge in [-0.1, -0.05) is 6.07 Å². The molecular formula is C25H30N6OS. The summed E-state index contributed by atoms with van der Waals surface area (Å²) in [4.78, 5) is 26.5. The molecule has 0 bridgehead atoms. The first-order chi connectivity index (χ1) is 16.1. The number of hydrogen-bond donors (Lipinski definition) is 3. The summed E-state index contributed by atoms with van der Waals surface area (Å²) in [5.41, 5.74) is 10.2. The molecule has 7 nitrogen and oxygen atoms in total. The molecule has 8 heteroatoms. The molecule has 1 amide bonds. The molecule has 2 saturated heterocycles. The van der Waals surface area contributed by atoms with Crippen molar-refractivity contribution in [3.63, 3.8) is 0 Å². The van der Waals surface area contributed by atoms with Gasteiger partial charge in [0.2, 0.25) is 0 Å². The standard InChI is InChI=1S/C25H30N6OS/c1-14-2-5-18-22(26)23(33-25(18)28-14)24(32)29-17-4-6-19-15(12-17)3-7-21(30-19)31-11-9-16-13-27-10-8-20(16)31/h2-3,5,7,16-17,20,27H,4,6,8-13,26H2,1H3,(H,29,32)/t16-,17-,20+/m0/s1. The van der Waals surface area contributed by atoms with Gasteiger partial charge < -0.3 is 21.3 Å². The van der Waals surface area contributed by atoms with E-state index < -0.39 is 0 Å². The van der Waals surface area contributed by atoms with Gasteiger partial charge in [-0.05, 0) is 81.8 Å². The van der Waals surface area contributed by atoms with E-state index in [4.69, 9.17) is 10.7 Å². The number of aromatic nitrogens is 2. The molecule has 33 heavy (non-hydrogen) atoms. The fourth-order valence-electron chi connectivity index (χ4n) is 5.76. The van der Waals surface area contributed by atoms with Crippen LogP contribution in [0.15, 0.2) is 24.3 Å². The lowest BCUT2D eigenvalue weighted by Crippen LogP contribution is -2.44. The predicted molar refractivity (Wildman–Crippen MR) is 133 cm³/mol. The summed E-state index contributed by atoms with van der Waals surface area (Å²) in [6.45, 7) is 5.28. The first kappa shape index (κ1) is 20.9. The van der Waals surface area contributed by atoms with Gasteiger partial charge >= 0.3 is 0 Å². The van der Waals surface area contributed by atoms with Gasteiger partial charge in [0.25, 0.3) is 5.91 Å². The van der Waals surface area contributed by atoms with Gasteiger partial charge in [-0.2, -0.15) is 0 Å².